The monoisotopic (exact) mass is 307 g/mol. The molecular formula is C12H22ClN3O2S. The first-order valence-corrected chi connectivity index (χ1v) is 7.53. The van der Waals surface area contributed by atoms with Crippen LogP contribution in [0.1, 0.15) is 18.9 Å². The van der Waals surface area contributed by atoms with Crippen LogP contribution >= 0.6 is 12.4 Å². The standard InChI is InChI=1S/C12H21N3O2S.ClH/c1-2-14-18(16,17)15(10-6-9-13)11-12-7-4-3-5-8-12;/h3-5,7-8,14H,2,6,9-11,13H2,1H3;1H. The zero-order valence-corrected chi connectivity index (χ0v) is 12.7. The maximum Gasteiger partial charge on any atom is 0.279 e. The molecule has 3 N–H and O–H groups in total. The van der Waals surface area contributed by atoms with E-state index in [0.717, 1.165) is 5.56 Å². The van der Waals surface area contributed by atoms with Crippen LogP contribution in [-0.4, -0.2) is 32.4 Å². The van der Waals surface area contributed by atoms with E-state index in [0.29, 0.717) is 32.6 Å². The van der Waals surface area contributed by atoms with Crippen LogP contribution in [0.5, 0.6) is 0 Å². The normalized spacial score (nSPS) is 11.3. The Kier molecular flexibility index (Phi) is 8.95. The van der Waals surface area contributed by atoms with Gasteiger partial charge in [0.1, 0.15) is 0 Å². The Bertz CT molecular complexity index is 440. The molecule has 0 saturated carbocycles. The zero-order valence-electron chi connectivity index (χ0n) is 11.1. The lowest BCUT2D eigenvalue weighted by molar-refractivity contribution is 0.395. The molecule has 1 rings (SSSR count). The molecule has 0 saturated heterocycles. The Morgan fingerprint density at radius 1 is 1.26 bits per heavy atom. The van der Waals surface area contributed by atoms with Gasteiger partial charge in [0.15, 0.2) is 0 Å². The SMILES string of the molecule is CCNS(=O)(=O)N(CCCN)Cc1ccccc1.Cl. The molecule has 0 atom stereocenters. The highest BCUT2D eigenvalue weighted by molar-refractivity contribution is 7.87. The van der Waals surface area contributed by atoms with Crippen LogP contribution in [0.25, 0.3) is 0 Å². The molecule has 0 aliphatic carbocycles. The van der Waals surface area contributed by atoms with E-state index in [4.69, 9.17) is 5.73 Å². The van der Waals surface area contributed by atoms with E-state index in [1.165, 1.54) is 4.31 Å². The van der Waals surface area contributed by atoms with E-state index in [1.54, 1.807) is 6.92 Å². The molecule has 0 heterocycles. The van der Waals surface area contributed by atoms with Crippen molar-refractivity contribution in [2.24, 2.45) is 5.73 Å². The van der Waals surface area contributed by atoms with Crippen LogP contribution in [-0.2, 0) is 16.8 Å². The fourth-order valence-corrected chi connectivity index (χ4v) is 2.85. The summed E-state index contributed by atoms with van der Waals surface area (Å²) in [6.45, 7) is 3.43. The molecule has 1 aromatic carbocycles. The second kappa shape index (κ2) is 9.28. The topological polar surface area (TPSA) is 75.4 Å². The number of benzene rings is 1. The van der Waals surface area contributed by atoms with Gasteiger partial charge in [-0.2, -0.15) is 12.7 Å². The van der Waals surface area contributed by atoms with Gasteiger partial charge < -0.3 is 5.73 Å². The highest BCUT2D eigenvalue weighted by Crippen LogP contribution is 2.08. The lowest BCUT2D eigenvalue weighted by Crippen LogP contribution is -2.41. The van der Waals surface area contributed by atoms with Crippen molar-refractivity contribution in [2.75, 3.05) is 19.6 Å². The second-order valence-electron chi connectivity index (χ2n) is 3.96. The molecule has 0 fully saturated rings. The fraction of sp³-hybridized carbons (Fsp3) is 0.500. The summed E-state index contributed by atoms with van der Waals surface area (Å²) in [7, 11) is -3.42. The number of nitrogens with zero attached hydrogens (tertiary/aromatic N) is 1. The Balaban J connectivity index is 0.00000324. The average molecular weight is 308 g/mol. The molecule has 1 aromatic rings. The van der Waals surface area contributed by atoms with Crippen LogP contribution in [0, 0.1) is 0 Å². The van der Waals surface area contributed by atoms with E-state index < -0.39 is 10.2 Å². The minimum Gasteiger partial charge on any atom is -0.330 e. The summed E-state index contributed by atoms with van der Waals surface area (Å²) in [4.78, 5) is 0. The van der Waals surface area contributed by atoms with Gasteiger partial charge in [-0.1, -0.05) is 37.3 Å². The van der Waals surface area contributed by atoms with Gasteiger partial charge in [0, 0.05) is 19.6 Å². The first-order chi connectivity index (χ1) is 8.60. The maximum absolute atomic E-state index is 12.0. The molecular weight excluding hydrogens is 286 g/mol. The molecule has 0 aromatic heterocycles. The lowest BCUT2D eigenvalue weighted by atomic mass is 10.2. The molecule has 19 heavy (non-hydrogen) atoms. The van der Waals surface area contributed by atoms with E-state index in [1.807, 2.05) is 30.3 Å². The summed E-state index contributed by atoms with van der Waals surface area (Å²) in [6.07, 6.45) is 0.650. The van der Waals surface area contributed by atoms with Gasteiger partial charge in [0.2, 0.25) is 0 Å². The summed E-state index contributed by atoms with van der Waals surface area (Å²) in [5, 5.41) is 0. The quantitative estimate of drug-likeness (QED) is 0.755. The van der Waals surface area contributed by atoms with Crippen molar-refractivity contribution in [3.8, 4) is 0 Å². The summed E-state index contributed by atoms with van der Waals surface area (Å²) in [5.41, 5.74) is 6.41. The van der Waals surface area contributed by atoms with Crippen LogP contribution in [0.15, 0.2) is 30.3 Å². The van der Waals surface area contributed by atoms with Gasteiger partial charge in [-0.3, -0.25) is 0 Å². The molecule has 7 heteroatoms. The summed E-state index contributed by atoms with van der Waals surface area (Å²) >= 11 is 0. The number of halogens is 1. The summed E-state index contributed by atoms with van der Waals surface area (Å²) < 4.78 is 28.0. The van der Waals surface area contributed by atoms with Crippen molar-refractivity contribution in [1.82, 2.24) is 9.03 Å². The third-order valence-corrected chi connectivity index (χ3v) is 4.13. The minimum absolute atomic E-state index is 0. The molecule has 0 aliphatic heterocycles. The van der Waals surface area contributed by atoms with Gasteiger partial charge in [-0.05, 0) is 18.5 Å². The number of rotatable bonds is 8. The number of hydrogen-bond acceptors (Lipinski definition) is 3. The molecule has 0 radical (unpaired) electrons. The molecule has 5 nitrogen and oxygen atoms in total. The Labute approximate surface area is 121 Å². The smallest absolute Gasteiger partial charge is 0.279 e. The molecule has 0 aliphatic rings. The van der Waals surface area contributed by atoms with E-state index in [2.05, 4.69) is 4.72 Å². The first kappa shape index (κ1) is 18.3. The van der Waals surface area contributed by atoms with Gasteiger partial charge in [0.05, 0.1) is 0 Å². The van der Waals surface area contributed by atoms with Crippen LogP contribution < -0.4 is 10.5 Å². The summed E-state index contributed by atoms with van der Waals surface area (Å²) in [6, 6.07) is 9.53. The average Bonchev–Trinajstić information content (AvgIpc) is 2.35. The van der Waals surface area contributed by atoms with Gasteiger partial charge in [-0.25, -0.2) is 4.72 Å². The van der Waals surface area contributed by atoms with Crippen molar-refractivity contribution >= 4 is 22.6 Å². The van der Waals surface area contributed by atoms with Gasteiger partial charge in [-0.15, -0.1) is 12.4 Å². The van der Waals surface area contributed by atoms with Crippen molar-refractivity contribution in [3.05, 3.63) is 35.9 Å². The highest BCUT2D eigenvalue weighted by Gasteiger charge is 2.20. The third kappa shape index (κ3) is 6.35. The Morgan fingerprint density at radius 3 is 2.42 bits per heavy atom. The molecule has 0 spiro atoms. The Hall–Kier alpha value is -0.660. The van der Waals surface area contributed by atoms with Crippen molar-refractivity contribution in [2.45, 2.75) is 19.9 Å². The highest BCUT2D eigenvalue weighted by atomic mass is 35.5. The van der Waals surface area contributed by atoms with Crippen LogP contribution in [0.2, 0.25) is 0 Å². The van der Waals surface area contributed by atoms with Gasteiger partial charge in [0.25, 0.3) is 10.2 Å². The predicted octanol–water partition coefficient (Wildman–Crippen LogP) is 1.11. The molecule has 0 bridgehead atoms. The molecule has 0 amide bonds. The number of nitrogens with two attached hydrogens (primary N) is 1. The minimum atomic E-state index is -3.42. The fourth-order valence-electron chi connectivity index (χ4n) is 1.61. The van der Waals surface area contributed by atoms with Crippen LogP contribution in [0.4, 0.5) is 0 Å². The Morgan fingerprint density at radius 2 is 1.89 bits per heavy atom. The van der Waals surface area contributed by atoms with Crippen LogP contribution in [0.3, 0.4) is 0 Å². The van der Waals surface area contributed by atoms with E-state index >= 15 is 0 Å². The third-order valence-electron chi connectivity index (χ3n) is 2.48. The number of hydrogen-bond donors (Lipinski definition) is 2. The predicted molar refractivity (Wildman–Crippen MR) is 80.4 cm³/mol. The largest absolute Gasteiger partial charge is 0.330 e. The summed E-state index contributed by atoms with van der Waals surface area (Å²) in [5.74, 6) is 0. The molecule has 110 valence electrons. The second-order valence-corrected chi connectivity index (χ2v) is 5.72. The first-order valence-electron chi connectivity index (χ1n) is 6.09. The maximum atomic E-state index is 12.0. The lowest BCUT2D eigenvalue weighted by Gasteiger charge is -2.22. The van der Waals surface area contributed by atoms with Crippen molar-refractivity contribution in [1.29, 1.82) is 0 Å². The van der Waals surface area contributed by atoms with E-state index in [9.17, 15) is 8.42 Å². The van der Waals surface area contributed by atoms with Crippen molar-refractivity contribution < 1.29 is 8.42 Å². The number of nitrogens with one attached hydrogen (secondary N) is 1. The zero-order chi connectivity index (χ0) is 13.4. The van der Waals surface area contributed by atoms with Crippen molar-refractivity contribution in [3.63, 3.8) is 0 Å². The molecule has 0 unspecified atom stereocenters. The van der Waals surface area contributed by atoms with E-state index in [-0.39, 0.29) is 12.4 Å². The van der Waals surface area contributed by atoms with Gasteiger partial charge >= 0.3 is 0 Å².